The molecule has 0 amide bonds. The molecular weight excluding hydrogens is 256 g/mol. The van der Waals surface area contributed by atoms with Gasteiger partial charge in [0.05, 0.1) is 5.56 Å². The minimum Gasteiger partial charge on any atom is -0.207 e. The van der Waals surface area contributed by atoms with Gasteiger partial charge in [-0.3, -0.25) is 0 Å². The van der Waals surface area contributed by atoms with Crippen LogP contribution in [0.1, 0.15) is 55.7 Å². The first kappa shape index (κ1) is 14.4. The zero-order valence-electron chi connectivity index (χ0n) is 11.1. The summed E-state index contributed by atoms with van der Waals surface area (Å²) in [6.07, 6.45) is -1.31. The highest BCUT2D eigenvalue weighted by atomic mass is 19.4. The van der Waals surface area contributed by atoms with Crippen LogP contribution in [-0.2, 0) is 12.6 Å². The Labute approximate surface area is 110 Å². The number of benzene rings is 1. The predicted molar refractivity (Wildman–Crippen MR) is 66.5 cm³/mol. The van der Waals surface area contributed by atoms with Crippen LogP contribution < -0.4 is 0 Å². The Kier molecular flexibility index (Phi) is 3.88. The van der Waals surface area contributed by atoms with Gasteiger partial charge in [-0.25, -0.2) is 4.39 Å². The first-order valence-electron chi connectivity index (χ1n) is 6.70. The van der Waals surface area contributed by atoms with E-state index in [1.807, 2.05) is 13.8 Å². The van der Waals surface area contributed by atoms with Gasteiger partial charge in [0.15, 0.2) is 0 Å². The summed E-state index contributed by atoms with van der Waals surface area (Å²) in [4.78, 5) is 0. The third-order valence-electron chi connectivity index (χ3n) is 3.93. The molecule has 0 N–H and O–H groups in total. The van der Waals surface area contributed by atoms with Crippen LogP contribution in [0.2, 0.25) is 0 Å². The van der Waals surface area contributed by atoms with E-state index in [9.17, 15) is 17.6 Å². The Morgan fingerprint density at radius 3 is 2.42 bits per heavy atom. The van der Waals surface area contributed by atoms with Gasteiger partial charge in [0.1, 0.15) is 5.82 Å². The van der Waals surface area contributed by atoms with Crippen LogP contribution in [-0.4, -0.2) is 0 Å². The molecule has 0 bridgehead atoms. The summed E-state index contributed by atoms with van der Waals surface area (Å²) in [5.41, 5.74) is 0.192. The van der Waals surface area contributed by atoms with Crippen LogP contribution in [0, 0.1) is 11.7 Å². The zero-order chi connectivity index (χ0) is 14.2. The average Bonchev–Trinajstić information content (AvgIpc) is 2.49. The Bertz CT molecular complexity index is 460. The lowest BCUT2D eigenvalue weighted by Crippen LogP contribution is -2.13. The van der Waals surface area contributed by atoms with Gasteiger partial charge in [-0.15, -0.1) is 0 Å². The molecule has 0 aromatic heterocycles. The number of hydrogen-bond donors (Lipinski definition) is 0. The van der Waals surface area contributed by atoms with Crippen molar-refractivity contribution < 1.29 is 17.6 Å². The molecular formula is C15H18F4. The van der Waals surface area contributed by atoms with E-state index in [-0.39, 0.29) is 11.8 Å². The summed E-state index contributed by atoms with van der Waals surface area (Å²) in [6, 6.07) is 1.79. The Balaban J connectivity index is 2.54. The number of rotatable bonds is 1. The molecule has 19 heavy (non-hydrogen) atoms. The van der Waals surface area contributed by atoms with Crippen molar-refractivity contribution in [1.29, 1.82) is 0 Å². The molecule has 1 atom stereocenters. The number of halogens is 4. The van der Waals surface area contributed by atoms with E-state index < -0.39 is 17.6 Å². The summed E-state index contributed by atoms with van der Waals surface area (Å²) >= 11 is 0. The smallest absolute Gasteiger partial charge is 0.207 e. The summed E-state index contributed by atoms with van der Waals surface area (Å²) < 4.78 is 52.3. The van der Waals surface area contributed by atoms with Gasteiger partial charge in [-0.2, -0.15) is 13.2 Å². The zero-order valence-corrected chi connectivity index (χ0v) is 11.1. The minimum absolute atomic E-state index is 0.0276. The molecule has 0 saturated carbocycles. The van der Waals surface area contributed by atoms with E-state index >= 15 is 0 Å². The maximum atomic E-state index is 14.2. The molecule has 1 aromatic carbocycles. The molecule has 0 spiro atoms. The number of fused-ring (bicyclic) bond motifs is 1. The highest BCUT2D eigenvalue weighted by Crippen LogP contribution is 2.40. The van der Waals surface area contributed by atoms with Crippen molar-refractivity contribution in [2.75, 3.05) is 0 Å². The van der Waals surface area contributed by atoms with E-state index in [4.69, 9.17) is 0 Å². The van der Waals surface area contributed by atoms with Crippen LogP contribution >= 0.6 is 0 Å². The minimum atomic E-state index is -4.48. The highest BCUT2D eigenvalue weighted by Gasteiger charge is 2.34. The fourth-order valence-electron chi connectivity index (χ4n) is 2.95. The number of alkyl halides is 3. The summed E-state index contributed by atoms with van der Waals surface area (Å²) in [7, 11) is 0. The molecule has 2 rings (SSSR count). The van der Waals surface area contributed by atoms with Crippen molar-refractivity contribution in [2.45, 2.75) is 51.6 Å². The number of aryl methyl sites for hydroxylation is 1. The first-order valence-corrected chi connectivity index (χ1v) is 6.70. The summed E-state index contributed by atoms with van der Waals surface area (Å²) in [5.74, 6) is -0.423. The van der Waals surface area contributed by atoms with Crippen molar-refractivity contribution >= 4 is 0 Å². The topological polar surface area (TPSA) is 0 Å². The second-order valence-electron chi connectivity index (χ2n) is 5.62. The average molecular weight is 274 g/mol. The molecule has 1 aliphatic rings. The number of hydrogen-bond acceptors (Lipinski definition) is 0. The predicted octanol–water partition coefficient (Wildman–Crippen LogP) is 5.31. The molecule has 0 nitrogen and oxygen atoms in total. The van der Waals surface area contributed by atoms with Crippen LogP contribution in [0.4, 0.5) is 17.6 Å². The normalized spacial score (nSPS) is 20.3. The van der Waals surface area contributed by atoms with Gasteiger partial charge in [-0.1, -0.05) is 20.3 Å². The third-order valence-corrected chi connectivity index (χ3v) is 3.93. The standard InChI is InChI=1S/C15H18F4/c1-9(2)12-6-4-3-5-10-7-11(15(17,18)19)8-13(16)14(10)12/h7-9,12H,3-6H2,1-2H3/t12-/m1/s1. The van der Waals surface area contributed by atoms with Gasteiger partial charge in [-0.05, 0) is 54.4 Å². The van der Waals surface area contributed by atoms with E-state index in [2.05, 4.69) is 0 Å². The lowest BCUT2D eigenvalue weighted by molar-refractivity contribution is -0.137. The molecule has 0 aliphatic heterocycles. The quantitative estimate of drug-likeness (QED) is 0.481. The van der Waals surface area contributed by atoms with Crippen LogP contribution in [0.25, 0.3) is 0 Å². The van der Waals surface area contributed by atoms with Crippen LogP contribution in [0.15, 0.2) is 12.1 Å². The second-order valence-corrected chi connectivity index (χ2v) is 5.62. The SMILES string of the molecule is CC(C)[C@H]1CCCCc2cc(C(F)(F)F)cc(F)c21. The van der Waals surface area contributed by atoms with E-state index in [1.54, 1.807) is 0 Å². The van der Waals surface area contributed by atoms with Crippen molar-refractivity contribution in [3.8, 4) is 0 Å². The van der Waals surface area contributed by atoms with Gasteiger partial charge in [0, 0.05) is 0 Å². The Morgan fingerprint density at radius 1 is 1.16 bits per heavy atom. The Morgan fingerprint density at radius 2 is 1.84 bits per heavy atom. The van der Waals surface area contributed by atoms with Gasteiger partial charge in [0.2, 0.25) is 0 Å². The maximum Gasteiger partial charge on any atom is 0.416 e. The summed E-state index contributed by atoms with van der Waals surface area (Å²) in [5, 5.41) is 0. The van der Waals surface area contributed by atoms with E-state index in [0.717, 1.165) is 25.3 Å². The Hall–Kier alpha value is -1.06. The van der Waals surface area contributed by atoms with Crippen molar-refractivity contribution in [3.63, 3.8) is 0 Å². The van der Waals surface area contributed by atoms with Gasteiger partial charge < -0.3 is 0 Å². The molecule has 4 heteroatoms. The lowest BCUT2D eigenvalue weighted by atomic mass is 9.83. The third kappa shape index (κ3) is 2.93. The van der Waals surface area contributed by atoms with Gasteiger partial charge >= 0.3 is 6.18 Å². The van der Waals surface area contributed by atoms with Crippen molar-refractivity contribution in [1.82, 2.24) is 0 Å². The fourth-order valence-corrected chi connectivity index (χ4v) is 2.95. The van der Waals surface area contributed by atoms with Crippen molar-refractivity contribution in [2.24, 2.45) is 5.92 Å². The monoisotopic (exact) mass is 274 g/mol. The second kappa shape index (κ2) is 5.14. The van der Waals surface area contributed by atoms with Crippen LogP contribution in [0.5, 0.6) is 0 Å². The molecule has 0 heterocycles. The lowest BCUT2D eigenvalue weighted by Gasteiger charge is -2.23. The molecule has 0 radical (unpaired) electrons. The first-order chi connectivity index (χ1) is 8.80. The molecule has 0 saturated heterocycles. The van der Waals surface area contributed by atoms with Gasteiger partial charge in [0.25, 0.3) is 0 Å². The molecule has 106 valence electrons. The molecule has 1 aromatic rings. The fraction of sp³-hybridized carbons (Fsp3) is 0.600. The van der Waals surface area contributed by atoms with E-state index in [1.165, 1.54) is 0 Å². The summed E-state index contributed by atoms with van der Waals surface area (Å²) in [6.45, 7) is 3.99. The molecule has 0 unspecified atom stereocenters. The maximum absolute atomic E-state index is 14.2. The van der Waals surface area contributed by atoms with Crippen LogP contribution in [0.3, 0.4) is 0 Å². The van der Waals surface area contributed by atoms with E-state index in [0.29, 0.717) is 23.6 Å². The molecule has 1 aliphatic carbocycles. The highest BCUT2D eigenvalue weighted by molar-refractivity contribution is 5.38. The molecule has 0 fully saturated rings. The van der Waals surface area contributed by atoms with Crippen molar-refractivity contribution in [3.05, 3.63) is 34.6 Å². The largest absolute Gasteiger partial charge is 0.416 e.